The van der Waals surface area contributed by atoms with Gasteiger partial charge in [0.2, 0.25) is 5.82 Å². The number of hydrazine groups is 1. The first-order valence-electron chi connectivity index (χ1n) is 7.91. The number of hydrogen-bond donors (Lipinski definition) is 2. The maximum absolute atomic E-state index is 13.7. The van der Waals surface area contributed by atoms with Crippen LogP contribution in [0.5, 0.6) is 5.75 Å². The van der Waals surface area contributed by atoms with E-state index >= 15 is 0 Å². The van der Waals surface area contributed by atoms with Crippen LogP contribution in [0.25, 0.3) is 0 Å². The molecule has 2 N–H and O–H groups in total. The van der Waals surface area contributed by atoms with Gasteiger partial charge < -0.3 is 10.2 Å². The summed E-state index contributed by atoms with van der Waals surface area (Å²) in [4.78, 5) is 0. The highest BCUT2D eigenvalue weighted by Gasteiger charge is 2.10. The van der Waals surface area contributed by atoms with Crippen molar-refractivity contribution in [3.63, 3.8) is 0 Å². The standard InChI is InChI=1S/C20H18F2N2O/c21-18-11-6-12-19(20(18)22)25-14-16-8-5-4-7-15(16)13-23-24-17-9-2-1-3-10-17/h1-12,23-24H,13-14H2. The summed E-state index contributed by atoms with van der Waals surface area (Å²) in [6, 6.07) is 21.3. The van der Waals surface area contributed by atoms with Crippen LogP contribution < -0.4 is 15.6 Å². The van der Waals surface area contributed by atoms with Crippen molar-refractivity contribution in [3.8, 4) is 5.75 Å². The Kier molecular flexibility index (Phi) is 5.59. The number of para-hydroxylation sites is 1. The highest BCUT2D eigenvalue weighted by molar-refractivity contribution is 5.41. The van der Waals surface area contributed by atoms with E-state index in [0.717, 1.165) is 22.9 Å². The van der Waals surface area contributed by atoms with Crippen LogP contribution in [-0.2, 0) is 13.2 Å². The van der Waals surface area contributed by atoms with Crippen molar-refractivity contribution in [1.82, 2.24) is 5.43 Å². The molecule has 3 rings (SSSR count). The summed E-state index contributed by atoms with van der Waals surface area (Å²) < 4.78 is 32.4. The fourth-order valence-electron chi connectivity index (χ4n) is 2.38. The number of nitrogens with one attached hydrogen (secondary N) is 2. The van der Waals surface area contributed by atoms with Gasteiger partial charge in [-0.2, -0.15) is 4.39 Å². The van der Waals surface area contributed by atoms with Crippen LogP contribution in [0.3, 0.4) is 0 Å². The highest BCUT2D eigenvalue weighted by atomic mass is 19.2. The SMILES string of the molecule is Fc1cccc(OCc2ccccc2CNNc2ccccc2)c1F. The molecule has 0 spiro atoms. The Bertz CT molecular complexity index is 825. The molecule has 3 aromatic rings. The van der Waals surface area contributed by atoms with E-state index < -0.39 is 11.6 Å². The maximum Gasteiger partial charge on any atom is 0.200 e. The van der Waals surface area contributed by atoms with E-state index in [1.807, 2.05) is 54.6 Å². The van der Waals surface area contributed by atoms with Gasteiger partial charge in [0, 0.05) is 12.2 Å². The minimum Gasteiger partial charge on any atom is -0.486 e. The van der Waals surface area contributed by atoms with Crippen molar-refractivity contribution in [2.45, 2.75) is 13.2 Å². The summed E-state index contributed by atoms with van der Waals surface area (Å²) in [6.07, 6.45) is 0. The van der Waals surface area contributed by atoms with E-state index in [9.17, 15) is 8.78 Å². The largest absolute Gasteiger partial charge is 0.486 e. The first-order chi connectivity index (χ1) is 12.2. The number of rotatable bonds is 7. The Morgan fingerprint density at radius 3 is 2.28 bits per heavy atom. The van der Waals surface area contributed by atoms with Gasteiger partial charge in [-0.1, -0.05) is 48.5 Å². The van der Waals surface area contributed by atoms with Gasteiger partial charge in [0.25, 0.3) is 0 Å². The molecular weight excluding hydrogens is 322 g/mol. The summed E-state index contributed by atoms with van der Waals surface area (Å²) in [5.74, 6) is -1.98. The molecule has 0 aliphatic carbocycles. The second-order valence-corrected chi connectivity index (χ2v) is 5.45. The average Bonchev–Trinajstić information content (AvgIpc) is 2.65. The molecule has 0 unspecified atom stereocenters. The van der Waals surface area contributed by atoms with E-state index in [-0.39, 0.29) is 12.4 Å². The Morgan fingerprint density at radius 2 is 1.48 bits per heavy atom. The molecule has 25 heavy (non-hydrogen) atoms. The van der Waals surface area contributed by atoms with Crippen molar-refractivity contribution in [2.24, 2.45) is 0 Å². The predicted octanol–water partition coefficient (Wildman–Crippen LogP) is 4.66. The molecule has 0 amide bonds. The molecule has 0 atom stereocenters. The molecule has 0 saturated heterocycles. The van der Waals surface area contributed by atoms with Crippen LogP contribution in [0.1, 0.15) is 11.1 Å². The molecule has 3 aromatic carbocycles. The van der Waals surface area contributed by atoms with Crippen molar-refractivity contribution in [2.75, 3.05) is 5.43 Å². The Labute approximate surface area is 145 Å². The first kappa shape index (κ1) is 16.9. The summed E-state index contributed by atoms with van der Waals surface area (Å²) in [6.45, 7) is 0.712. The van der Waals surface area contributed by atoms with Crippen LogP contribution >= 0.6 is 0 Å². The monoisotopic (exact) mass is 340 g/mol. The van der Waals surface area contributed by atoms with Gasteiger partial charge in [-0.15, -0.1) is 0 Å². The summed E-state index contributed by atoms with van der Waals surface area (Å²) in [5.41, 5.74) is 9.10. The lowest BCUT2D eigenvalue weighted by atomic mass is 10.1. The van der Waals surface area contributed by atoms with Gasteiger partial charge in [-0.25, -0.2) is 9.82 Å². The molecule has 0 radical (unpaired) electrons. The van der Waals surface area contributed by atoms with Crippen LogP contribution in [-0.4, -0.2) is 0 Å². The minimum atomic E-state index is -0.969. The summed E-state index contributed by atoms with van der Waals surface area (Å²) >= 11 is 0. The van der Waals surface area contributed by atoms with Crippen molar-refractivity contribution < 1.29 is 13.5 Å². The van der Waals surface area contributed by atoms with Crippen molar-refractivity contribution in [1.29, 1.82) is 0 Å². The van der Waals surface area contributed by atoms with Crippen LogP contribution in [0.2, 0.25) is 0 Å². The normalized spacial score (nSPS) is 10.5. The number of halogens is 2. The highest BCUT2D eigenvalue weighted by Crippen LogP contribution is 2.21. The van der Waals surface area contributed by atoms with Gasteiger partial charge in [0.1, 0.15) is 6.61 Å². The van der Waals surface area contributed by atoms with E-state index in [2.05, 4.69) is 10.9 Å². The van der Waals surface area contributed by atoms with Gasteiger partial charge in [-0.05, 0) is 35.4 Å². The molecule has 0 aromatic heterocycles. The molecule has 0 heterocycles. The molecule has 0 saturated carbocycles. The molecule has 0 bridgehead atoms. The summed E-state index contributed by atoms with van der Waals surface area (Å²) in [7, 11) is 0. The van der Waals surface area contributed by atoms with Crippen molar-refractivity contribution >= 4 is 5.69 Å². The fourth-order valence-corrected chi connectivity index (χ4v) is 2.38. The zero-order chi connectivity index (χ0) is 17.5. The van der Waals surface area contributed by atoms with E-state index in [0.29, 0.717) is 6.54 Å². The smallest absolute Gasteiger partial charge is 0.200 e. The average molecular weight is 340 g/mol. The van der Waals surface area contributed by atoms with Gasteiger partial charge in [0.05, 0.1) is 0 Å². The maximum atomic E-state index is 13.7. The minimum absolute atomic E-state index is 0.0924. The molecule has 0 aliphatic heterocycles. The zero-order valence-electron chi connectivity index (χ0n) is 13.5. The van der Waals surface area contributed by atoms with Crippen LogP contribution in [0.4, 0.5) is 14.5 Å². The second-order valence-electron chi connectivity index (χ2n) is 5.45. The second kappa shape index (κ2) is 8.26. The van der Waals surface area contributed by atoms with E-state index in [4.69, 9.17) is 4.74 Å². The van der Waals surface area contributed by atoms with E-state index in [1.54, 1.807) is 0 Å². The van der Waals surface area contributed by atoms with Gasteiger partial charge in [0.15, 0.2) is 11.6 Å². The van der Waals surface area contributed by atoms with Gasteiger partial charge >= 0.3 is 0 Å². The third kappa shape index (κ3) is 4.55. The van der Waals surface area contributed by atoms with E-state index in [1.165, 1.54) is 12.1 Å². The summed E-state index contributed by atoms with van der Waals surface area (Å²) in [5, 5.41) is 0. The molecule has 3 nitrogen and oxygen atoms in total. The lowest BCUT2D eigenvalue weighted by molar-refractivity contribution is 0.283. The van der Waals surface area contributed by atoms with Gasteiger partial charge in [-0.3, -0.25) is 0 Å². The Balaban J connectivity index is 1.61. The van der Waals surface area contributed by atoms with Crippen molar-refractivity contribution in [3.05, 3.63) is 95.6 Å². The lowest BCUT2D eigenvalue weighted by Crippen LogP contribution is -2.21. The van der Waals surface area contributed by atoms with Crippen LogP contribution in [0, 0.1) is 11.6 Å². The predicted molar refractivity (Wildman–Crippen MR) is 94.0 cm³/mol. The topological polar surface area (TPSA) is 33.3 Å². The number of benzene rings is 3. The molecule has 128 valence electrons. The number of ether oxygens (including phenoxy) is 1. The zero-order valence-corrected chi connectivity index (χ0v) is 13.5. The molecule has 5 heteroatoms. The Morgan fingerprint density at radius 1 is 0.760 bits per heavy atom. The van der Waals surface area contributed by atoms with Crippen LogP contribution in [0.15, 0.2) is 72.8 Å². The fraction of sp³-hybridized carbons (Fsp3) is 0.100. The molecular formula is C20H18F2N2O. The molecule has 0 aliphatic rings. The molecule has 0 fully saturated rings. The third-order valence-electron chi connectivity index (χ3n) is 3.70. The third-order valence-corrected chi connectivity index (χ3v) is 3.70. The number of anilines is 1. The number of hydrogen-bond acceptors (Lipinski definition) is 3. The quantitative estimate of drug-likeness (QED) is 0.614. The lowest BCUT2D eigenvalue weighted by Gasteiger charge is -2.13. The first-order valence-corrected chi connectivity index (χ1v) is 7.91. The Hall–Kier alpha value is -2.92.